The maximum Gasteiger partial charge on any atom is 0.226 e. The molecule has 3 heterocycles. The van der Waals surface area contributed by atoms with Crippen molar-refractivity contribution in [1.82, 2.24) is 15.0 Å². The molecule has 1 saturated heterocycles. The molecule has 5 nitrogen and oxygen atoms in total. The van der Waals surface area contributed by atoms with Crippen molar-refractivity contribution in [2.75, 3.05) is 18.0 Å². The fraction of sp³-hybridized carbons (Fsp3) is 0.400. The smallest absolute Gasteiger partial charge is 0.226 e. The summed E-state index contributed by atoms with van der Waals surface area (Å²) in [5.74, 6) is 0.789. The van der Waals surface area contributed by atoms with Gasteiger partial charge in [0, 0.05) is 31.0 Å². The van der Waals surface area contributed by atoms with Crippen molar-refractivity contribution >= 4 is 5.95 Å². The minimum Gasteiger partial charge on any atom is -0.341 e. The van der Waals surface area contributed by atoms with Gasteiger partial charge in [0.25, 0.3) is 0 Å². The van der Waals surface area contributed by atoms with Crippen molar-refractivity contribution in [2.45, 2.75) is 25.8 Å². The van der Waals surface area contributed by atoms with Crippen LogP contribution in [0.15, 0.2) is 30.5 Å². The zero-order valence-electron chi connectivity index (χ0n) is 11.7. The number of hydrogen-bond donors (Lipinski definition) is 1. The number of anilines is 1. The number of rotatable bonds is 2. The fourth-order valence-electron chi connectivity index (χ4n) is 2.44. The van der Waals surface area contributed by atoms with Crippen molar-refractivity contribution in [2.24, 2.45) is 5.73 Å². The molecule has 2 aromatic rings. The van der Waals surface area contributed by atoms with Crippen molar-refractivity contribution in [3.05, 3.63) is 36.2 Å². The Labute approximate surface area is 118 Å². The monoisotopic (exact) mass is 269 g/mol. The summed E-state index contributed by atoms with van der Waals surface area (Å²) in [7, 11) is 0. The summed E-state index contributed by atoms with van der Waals surface area (Å²) >= 11 is 0. The third-order valence-electron chi connectivity index (χ3n) is 3.59. The Balaban J connectivity index is 1.91. The molecule has 0 saturated carbocycles. The van der Waals surface area contributed by atoms with E-state index >= 15 is 0 Å². The number of pyridine rings is 1. The number of hydrogen-bond acceptors (Lipinski definition) is 5. The van der Waals surface area contributed by atoms with E-state index in [4.69, 9.17) is 5.73 Å². The van der Waals surface area contributed by atoms with E-state index in [0.29, 0.717) is 6.04 Å². The van der Waals surface area contributed by atoms with Crippen LogP contribution in [0.2, 0.25) is 0 Å². The van der Waals surface area contributed by atoms with Gasteiger partial charge in [-0.3, -0.25) is 4.98 Å². The average molecular weight is 269 g/mol. The van der Waals surface area contributed by atoms with E-state index in [1.807, 2.05) is 31.2 Å². The van der Waals surface area contributed by atoms with Crippen LogP contribution in [0.25, 0.3) is 11.4 Å². The molecule has 1 aliphatic rings. The van der Waals surface area contributed by atoms with Gasteiger partial charge in [-0.05, 0) is 38.0 Å². The van der Waals surface area contributed by atoms with Crippen LogP contribution in [0.5, 0.6) is 0 Å². The lowest BCUT2D eigenvalue weighted by Crippen LogP contribution is -2.40. The first-order valence-electron chi connectivity index (χ1n) is 7.00. The lowest BCUT2D eigenvalue weighted by molar-refractivity contribution is 0.495. The second-order valence-electron chi connectivity index (χ2n) is 5.23. The Morgan fingerprint density at radius 2 is 1.95 bits per heavy atom. The third kappa shape index (κ3) is 2.77. The van der Waals surface area contributed by atoms with E-state index in [0.717, 1.165) is 49.0 Å². The van der Waals surface area contributed by atoms with Gasteiger partial charge >= 0.3 is 0 Å². The van der Waals surface area contributed by atoms with Crippen LogP contribution in [0, 0.1) is 6.92 Å². The van der Waals surface area contributed by atoms with E-state index < -0.39 is 0 Å². The van der Waals surface area contributed by atoms with Gasteiger partial charge < -0.3 is 10.6 Å². The number of piperidine rings is 1. The summed E-state index contributed by atoms with van der Waals surface area (Å²) in [4.78, 5) is 15.8. The molecule has 1 fully saturated rings. The molecule has 0 amide bonds. The second kappa shape index (κ2) is 5.54. The Morgan fingerprint density at radius 3 is 2.65 bits per heavy atom. The first-order chi connectivity index (χ1) is 9.72. The maximum atomic E-state index is 5.95. The molecule has 0 bridgehead atoms. The number of nitrogens with zero attached hydrogens (tertiary/aromatic N) is 4. The quantitative estimate of drug-likeness (QED) is 0.900. The molecule has 0 aromatic carbocycles. The summed E-state index contributed by atoms with van der Waals surface area (Å²) < 4.78 is 0. The van der Waals surface area contributed by atoms with Crippen molar-refractivity contribution in [3.8, 4) is 11.4 Å². The highest BCUT2D eigenvalue weighted by atomic mass is 15.3. The molecule has 2 N–H and O–H groups in total. The van der Waals surface area contributed by atoms with E-state index in [1.54, 1.807) is 6.20 Å². The van der Waals surface area contributed by atoms with Crippen molar-refractivity contribution in [1.29, 1.82) is 0 Å². The Hall–Kier alpha value is -2.01. The zero-order chi connectivity index (χ0) is 13.9. The molecule has 20 heavy (non-hydrogen) atoms. The number of nitrogens with two attached hydrogens (primary N) is 1. The van der Waals surface area contributed by atoms with E-state index in [9.17, 15) is 0 Å². The van der Waals surface area contributed by atoms with Gasteiger partial charge in [0.15, 0.2) is 0 Å². The third-order valence-corrected chi connectivity index (χ3v) is 3.59. The Morgan fingerprint density at radius 1 is 1.15 bits per heavy atom. The molecule has 3 rings (SSSR count). The topological polar surface area (TPSA) is 67.9 Å². The molecular weight excluding hydrogens is 250 g/mol. The summed E-state index contributed by atoms with van der Waals surface area (Å²) in [6, 6.07) is 8.13. The van der Waals surface area contributed by atoms with Gasteiger partial charge in [0.05, 0.1) is 11.4 Å². The molecule has 0 aliphatic carbocycles. The molecule has 104 valence electrons. The molecule has 0 spiro atoms. The van der Waals surface area contributed by atoms with Crippen LogP contribution in [-0.4, -0.2) is 34.1 Å². The van der Waals surface area contributed by atoms with Crippen LogP contribution in [0.3, 0.4) is 0 Å². The molecular formula is C15H19N5. The van der Waals surface area contributed by atoms with Crippen LogP contribution in [-0.2, 0) is 0 Å². The van der Waals surface area contributed by atoms with E-state index in [2.05, 4.69) is 19.9 Å². The zero-order valence-corrected chi connectivity index (χ0v) is 11.7. The van der Waals surface area contributed by atoms with Gasteiger partial charge in [-0.2, -0.15) is 0 Å². The highest BCUT2D eigenvalue weighted by molar-refractivity contribution is 5.56. The summed E-state index contributed by atoms with van der Waals surface area (Å²) in [6.45, 7) is 3.84. The molecule has 0 unspecified atom stereocenters. The second-order valence-corrected chi connectivity index (χ2v) is 5.23. The van der Waals surface area contributed by atoms with Crippen molar-refractivity contribution < 1.29 is 0 Å². The molecule has 1 aliphatic heterocycles. The highest BCUT2D eigenvalue weighted by Crippen LogP contribution is 2.20. The first kappa shape index (κ1) is 13.0. The van der Waals surface area contributed by atoms with Gasteiger partial charge in [-0.25, -0.2) is 9.97 Å². The normalized spacial score (nSPS) is 16.4. The van der Waals surface area contributed by atoms with Crippen LogP contribution < -0.4 is 10.6 Å². The molecule has 0 radical (unpaired) electrons. The Kier molecular flexibility index (Phi) is 3.60. The predicted octanol–water partition coefficient (Wildman–Crippen LogP) is 1.77. The van der Waals surface area contributed by atoms with Gasteiger partial charge in [-0.15, -0.1) is 0 Å². The number of aryl methyl sites for hydroxylation is 1. The number of aromatic nitrogens is 3. The van der Waals surface area contributed by atoms with Crippen LogP contribution >= 0.6 is 0 Å². The largest absolute Gasteiger partial charge is 0.341 e. The fourth-order valence-corrected chi connectivity index (χ4v) is 2.44. The molecule has 5 heteroatoms. The van der Waals surface area contributed by atoms with Crippen molar-refractivity contribution in [3.63, 3.8) is 0 Å². The Bertz CT molecular complexity index is 576. The van der Waals surface area contributed by atoms with Gasteiger partial charge in [0.2, 0.25) is 5.95 Å². The maximum absolute atomic E-state index is 5.95. The van der Waals surface area contributed by atoms with Crippen LogP contribution in [0.1, 0.15) is 18.5 Å². The molecule has 2 aromatic heterocycles. The van der Waals surface area contributed by atoms with Gasteiger partial charge in [0.1, 0.15) is 0 Å². The SMILES string of the molecule is Cc1cc(-c2ccccn2)nc(N2CCC(N)CC2)n1. The van der Waals surface area contributed by atoms with E-state index in [1.165, 1.54) is 0 Å². The molecule has 0 atom stereocenters. The summed E-state index contributed by atoms with van der Waals surface area (Å²) in [5.41, 5.74) is 8.67. The average Bonchev–Trinajstić information content (AvgIpc) is 2.48. The standard InChI is InChI=1S/C15H19N5/c1-11-10-14(13-4-2-3-7-17-13)19-15(18-11)20-8-5-12(16)6-9-20/h2-4,7,10,12H,5-6,8-9,16H2,1H3. The predicted molar refractivity (Wildman–Crippen MR) is 79.4 cm³/mol. The lowest BCUT2D eigenvalue weighted by atomic mass is 10.1. The summed E-state index contributed by atoms with van der Waals surface area (Å²) in [6.07, 6.45) is 3.78. The minimum atomic E-state index is 0.311. The van der Waals surface area contributed by atoms with Crippen LogP contribution in [0.4, 0.5) is 5.95 Å². The first-order valence-corrected chi connectivity index (χ1v) is 7.00. The summed E-state index contributed by atoms with van der Waals surface area (Å²) in [5, 5.41) is 0. The highest BCUT2D eigenvalue weighted by Gasteiger charge is 2.19. The van der Waals surface area contributed by atoms with E-state index in [-0.39, 0.29) is 0 Å². The van der Waals surface area contributed by atoms with Gasteiger partial charge in [-0.1, -0.05) is 6.07 Å². The minimum absolute atomic E-state index is 0.311. The lowest BCUT2D eigenvalue weighted by Gasteiger charge is -2.30.